The summed E-state index contributed by atoms with van der Waals surface area (Å²) in [6.45, 7) is 8.73. The van der Waals surface area contributed by atoms with Crippen LogP contribution in [0.25, 0.3) is 0 Å². The van der Waals surface area contributed by atoms with E-state index in [0.717, 1.165) is 24.7 Å². The van der Waals surface area contributed by atoms with Gasteiger partial charge < -0.3 is 10.6 Å². The minimum absolute atomic E-state index is 0.464. The molecule has 1 unspecified atom stereocenters. The molecule has 0 saturated carbocycles. The lowest BCUT2D eigenvalue weighted by Gasteiger charge is -2.15. The Labute approximate surface area is 146 Å². The minimum atomic E-state index is 0.464. The average molecular weight is 349 g/mol. The molecule has 2 rings (SSSR count). The lowest BCUT2D eigenvalue weighted by Crippen LogP contribution is -2.40. The van der Waals surface area contributed by atoms with E-state index in [4.69, 9.17) is 0 Å². The number of nitrogens with one attached hydrogen (secondary N) is 2. The first kappa shape index (κ1) is 17.8. The van der Waals surface area contributed by atoms with Gasteiger partial charge in [0.25, 0.3) is 0 Å². The molecule has 0 aliphatic heterocycles. The Balaban J connectivity index is 1.85. The van der Waals surface area contributed by atoms with Gasteiger partial charge in [0.1, 0.15) is 0 Å². The molecule has 0 bridgehead atoms. The lowest BCUT2D eigenvalue weighted by atomic mass is 10.4. The van der Waals surface area contributed by atoms with Gasteiger partial charge in [-0.15, -0.1) is 23.1 Å². The van der Waals surface area contributed by atoms with Crippen molar-refractivity contribution in [2.24, 2.45) is 4.99 Å². The highest BCUT2D eigenvalue weighted by molar-refractivity contribution is 8.00. The fraction of sp³-hybridized carbons (Fsp3) is 0.412. The molecular weight excluding hydrogens is 324 g/mol. The molecule has 4 nitrogen and oxygen atoms in total. The van der Waals surface area contributed by atoms with Gasteiger partial charge in [0.15, 0.2) is 5.96 Å². The smallest absolute Gasteiger partial charge is 0.191 e. The summed E-state index contributed by atoms with van der Waals surface area (Å²) in [6.07, 6.45) is 0. The van der Waals surface area contributed by atoms with Gasteiger partial charge in [0, 0.05) is 28.1 Å². The largest absolute Gasteiger partial charge is 0.357 e. The van der Waals surface area contributed by atoms with Gasteiger partial charge in [0.2, 0.25) is 0 Å². The summed E-state index contributed by atoms with van der Waals surface area (Å²) in [6, 6.07) is 10.5. The minimum Gasteiger partial charge on any atom is -0.357 e. The predicted molar refractivity (Wildman–Crippen MR) is 101 cm³/mol. The monoisotopic (exact) mass is 348 g/mol. The van der Waals surface area contributed by atoms with E-state index in [9.17, 15) is 0 Å². The quantitative estimate of drug-likeness (QED) is 0.455. The number of aliphatic imine (C=N–C) groups is 1. The van der Waals surface area contributed by atoms with E-state index in [2.05, 4.69) is 58.7 Å². The third kappa shape index (κ3) is 6.23. The Morgan fingerprint density at radius 2 is 2.09 bits per heavy atom. The molecule has 2 N–H and O–H groups in total. The number of guanidine groups is 1. The van der Waals surface area contributed by atoms with Crippen LogP contribution in [0.2, 0.25) is 0 Å². The molecule has 0 aliphatic rings. The molecular formula is C17H24N4S2. The first-order valence-electron chi connectivity index (χ1n) is 7.82. The van der Waals surface area contributed by atoms with Crippen LogP contribution in [0, 0.1) is 6.92 Å². The Kier molecular flexibility index (Phi) is 7.42. The van der Waals surface area contributed by atoms with Crippen molar-refractivity contribution >= 4 is 29.1 Å². The summed E-state index contributed by atoms with van der Waals surface area (Å²) < 4.78 is 0. The van der Waals surface area contributed by atoms with Gasteiger partial charge in [-0.25, -0.2) is 9.98 Å². The van der Waals surface area contributed by atoms with Crippen molar-refractivity contribution in [2.75, 3.05) is 13.1 Å². The molecule has 2 aromatic rings. The molecule has 0 aliphatic carbocycles. The molecule has 0 fully saturated rings. The number of aryl methyl sites for hydroxylation is 1. The second-order valence-electron chi connectivity index (χ2n) is 5.18. The molecule has 124 valence electrons. The maximum Gasteiger partial charge on any atom is 0.191 e. The molecule has 23 heavy (non-hydrogen) atoms. The summed E-state index contributed by atoms with van der Waals surface area (Å²) in [5.74, 6) is 0.862. The number of nitrogens with zero attached hydrogens (tertiary/aromatic N) is 2. The third-order valence-corrected chi connectivity index (χ3v) is 5.24. The van der Waals surface area contributed by atoms with Crippen molar-refractivity contribution < 1.29 is 0 Å². The average Bonchev–Trinajstić information content (AvgIpc) is 2.96. The number of thiazole rings is 1. The van der Waals surface area contributed by atoms with Crippen LogP contribution in [-0.2, 0) is 6.54 Å². The van der Waals surface area contributed by atoms with E-state index in [1.165, 1.54) is 9.77 Å². The Morgan fingerprint density at radius 3 is 2.74 bits per heavy atom. The zero-order chi connectivity index (χ0) is 16.5. The van der Waals surface area contributed by atoms with Crippen molar-refractivity contribution in [3.8, 4) is 0 Å². The van der Waals surface area contributed by atoms with E-state index in [1.54, 1.807) is 11.3 Å². The van der Waals surface area contributed by atoms with E-state index in [-0.39, 0.29) is 0 Å². The number of aromatic nitrogens is 1. The number of rotatable bonds is 7. The van der Waals surface area contributed by atoms with E-state index < -0.39 is 0 Å². The Hall–Kier alpha value is -1.53. The van der Waals surface area contributed by atoms with Gasteiger partial charge >= 0.3 is 0 Å². The summed E-state index contributed by atoms with van der Waals surface area (Å²) in [7, 11) is 0. The number of hydrogen-bond acceptors (Lipinski definition) is 4. The molecule has 0 spiro atoms. The maximum atomic E-state index is 4.65. The van der Waals surface area contributed by atoms with Gasteiger partial charge in [-0.3, -0.25) is 0 Å². The fourth-order valence-electron chi connectivity index (χ4n) is 1.98. The summed E-state index contributed by atoms with van der Waals surface area (Å²) in [4.78, 5) is 11.4. The van der Waals surface area contributed by atoms with Gasteiger partial charge in [-0.2, -0.15) is 0 Å². The molecule has 0 amide bonds. The fourth-order valence-corrected chi connectivity index (χ4v) is 3.63. The summed E-state index contributed by atoms with van der Waals surface area (Å²) in [5.41, 5.74) is 2.95. The number of thioether (sulfide) groups is 1. The Morgan fingerprint density at radius 1 is 1.30 bits per heavy atom. The standard InChI is InChI=1S/C17H24N4S2/c1-4-18-17(20-11-16-14(3)21-12-22-16)19-10-13(2)23-15-8-6-5-7-9-15/h5-9,12-13H,4,10-11H2,1-3H3,(H2,18,19,20). The van der Waals surface area contributed by atoms with Gasteiger partial charge in [0.05, 0.1) is 17.7 Å². The van der Waals surface area contributed by atoms with Crippen LogP contribution in [0.5, 0.6) is 0 Å². The highest BCUT2D eigenvalue weighted by Gasteiger charge is 2.06. The second kappa shape index (κ2) is 9.57. The van der Waals surface area contributed by atoms with E-state index >= 15 is 0 Å². The highest BCUT2D eigenvalue weighted by Crippen LogP contribution is 2.21. The maximum absolute atomic E-state index is 4.65. The van der Waals surface area contributed by atoms with Crippen LogP contribution in [0.15, 0.2) is 45.7 Å². The van der Waals surface area contributed by atoms with Crippen molar-refractivity contribution in [2.45, 2.75) is 37.5 Å². The van der Waals surface area contributed by atoms with Crippen LogP contribution >= 0.6 is 23.1 Å². The van der Waals surface area contributed by atoms with E-state index in [1.807, 2.05) is 30.3 Å². The molecule has 1 atom stereocenters. The third-order valence-electron chi connectivity index (χ3n) is 3.21. The molecule has 1 aromatic heterocycles. The molecule has 6 heteroatoms. The van der Waals surface area contributed by atoms with E-state index in [0.29, 0.717) is 11.8 Å². The zero-order valence-corrected chi connectivity index (χ0v) is 15.5. The molecule has 0 radical (unpaired) electrons. The van der Waals surface area contributed by atoms with Crippen LogP contribution in [0.1, 0.15) is 24.4 Å². The van der Waals surface area contributed by atoms with Crippen molar-refractivity contribution in [1.29, 1.82) is 0 Å². The van der Waals surface area contributed by atoms with Crippen molar-refractivity contribution in [1.82, 2.24) is 15.6 Å². The molecule has 1 heterocycles. The van der Waals surface area contributed by atoms with Crippen LogP contribution in [0.3, 0.4) is 0 Å². The highest BCUT2D eigenvalue weighted by atomic mass is 32.2. The van der Waals surface area contributed by atoms with Crippen LogP contribution in [-0.4, -0.2) is 29.3 Å². The SMILES string of the molecule is CCNC(=NCc1scnc1C)NCC(C)Sc1ccccc1. The topological polar surface area (TPSA) is 49.3 Å². The summed E-state index contributed by atoms with van der Waals surface area (Å²) in [5, 5.41) is 7.19. The zero-order valence-electron chi connectivity index (χ0n) is 13.9. The van der Waals surface area contributed by atoms with Crippen molar-refractivity contribution in [3.63, 3.8) is 0 Å². The van der Waals surface area contributed by atoms with Crippen molar-refractivity contribution in [3.05, 3.63) is 46.4 Å². The predicted octanol–water partition coefficient (Wildman–Crippen LogP) is 3.69. The van der Waals surface area contributed by atoms with Gasteiger partial charge in [-0.1, -0.05) is 25.1 Å². The lowest BCUT2D eigenvalue weighted by molar-refractivity contribution is 0.795. The normalized spacial score (nSPS) is 12.9. The molecule has 1 aromatic carbocycles. The first-order chi connectivity index (χ1) is 11.2. The second-order valence-corrected chi connectivity index (χ2v) is 7.63. The summed E-state index contributed by atoms with van der Waals surface area (Å²) >= 11 is 3.53. The van der Waals surface area contributed by atoms with Crippen LogP contribution in [0.4, 0.5) is 0 Å². The van der Waals surface area contributed by atoms with Gasteiger partial charge in [-0.05, 0) is 26.0 Å². The van der Waals surface area contributed by atoms with Crippen LogP contribution < -0.4 is 10.6 Å². The Bertz CT molecular complexity index is 610. The molecule has 0 saturated heterocycles. The first-order valence-corrected chi connectivity index (χ1v) is 9.57. The number of benzene rings is 1. The number of hydrogen-bond donors (Lipinski definition) is 2.